The molecule has 1 N–H and O–H groups in total. The summed E-state index contributed by atoms with van der Waals surface area (Å²) >= 11 is 0. The summed E-state index contributed by atoms with van der Waals surface area (Å²) in [6.07, 6.45) is 2.79. The van der Waals surface area contributed by atoms with E-state index in [1.165, 1.54) is 25.9 Å². The molecule has 2 aliphatic heterocycles. The number of rotatable bonds is 3. The molecule has 0 aliphatic carbocycles. The van der Waals surface area contributed by atoms with Crippen LogP contribution >= 0.6 is 0 Å². The monoisotopic (exact) mass is 226 g/mol. The van der Waals surface area contributed by atoms with E-state index in [0.29, 0.717) is 6.04 Å². The first-order chi connectivity index (χ1) is 7.46. The van der Waals surface area contributed by atoms with Gasteiger partial charge in [-0.3, -0.25) is 5.32 Å². The molecule has 94 valence electrons. The van der Waals surface area contributed by atoms with Gasteiger partial charge in [-0.15, -0.1) is 0 Å². The molecular weight excluding hydrogens is 200 g/mol. The molecule has 2 unspecified atom stereocenters. The molecule has 0 saturated carbocycles. The smallest absolute Gasteiger partial charge is 0.109 e. The van der Waals surface area contributed by atoms with Gasteiger partial charge in [0.15, 0.2) is 0 Å². The maximum Gasteiger partial charge on any atom is 0.109 e. The molecule has 16 heavy (non-hydrogen) atoms. The van der Waals surface area contributed by atoms with Gasteiger partial charge in [0.2, 0.25) is 0 Å². The maximum atomic E-state index is 5.80. The molecule has 0 aromatic heterocycles. The molecule has 2 atom stereocenters. The first-order valence-corrected chi connectivity index (χ1v) is 6.59. The van der Waals surface area contributed by atoms with Crippen LogP contribution in [0.2, 0.25) is 0 Å². The average Bonchev–Trinajstić information content (AvgIpc) is 2.73. The zero-order valence-corrected chi connectivity index (χ0v) is 11.1. The lowest BCUT2D eigenvalue weighted by Gasteiger charge is -2.22. The van der Waals surface area contributed by atoms with Gasteiger partial charge in [-0.25, -0.2) is 0 Å². The summed E-state index contributed by atoms with van der Waals surface area (Å²) in [5.41, 5.74) is 0.168. The van der Waals surface area contributed by atoms with Crippen LogP contribution < -0.4 is 5.32 Å². The topological polar surface area (TPSA) is 24.5 Å². The Morgan fingerprint density at radius 2 is 2.19 bits per heavy atom. The Labute approximate surface area is 99.5 Å². The van der Waals surface area contributed by atoms with E-state index in [4.69, 9.17) is 4.74 Å². The van der Waals surface area contributed by atoms with Gasteiger partial charge in [-0.1, -0.05) is 0 Å². The van der Waals surface area contributed by atoms with Crippen LogP contribution in [0.4, 0.5) is 0 Å². The molecule has 0 radical (unpaired) electrons. The van der Waals surface area contributed by atoms with E-state index >= 15 is 0 Å². The summed E-state index contributed by atoms with van der Waals surface area (Å²) in [7, 11) is 0. The number of likely N-dealkylation sites (tertiary alicyclic amines) is 1. The van der Waals surface area contributed by atoms with E-state index in [2.05, 4.69) is 37.9 Å². The largest absolute Gasteiger partial charge is 0.361 e. The van der Waals surface area contributed by atoms with Crippen LogP contribution in [0.15, 0.2) is 0 Å². The van der Waals surface area contributed by atoms with Crippen molar-refractivity contribution in [3.63, 3.8) is 0 Å². The number of hydrogen-bond donors (Lipinski definition) is 1. The first kappa shape index (κ1) is 12.3. The van der Waals surface area contributed by atoms with Crippen molar-refractivity contribution in [2.24, 2.45) is 5.92 Å². The molecule has 0 amide bonds. The summed E-state index contributed by atoms with van der Waals surface area (Å²) in [4.78, 5) is 2.57. The molecule has 2 heterocycles. The molecule has 3 heteroatoms. The summed E-state index contributed by atoms with van der Waals surface area (Å²) in [6, 6.07) is 0.693. The molecule has 0 aromatic carbocycles. The van der Waals surface area contributed by atoms with Crippen molar-refractivity contribution < 1.29 is 4.74 Å². The van der Waals surface area contributed by atoms with Crippen molar-refractivity contribution in [3.05, 3.63) is 0 Å². The number of hydrogen-bond acceptors (Lipinski definition) is 3. The van der Waals surface area contributed by atoms with Gasteiger partial charge in [0, 0.05) is 18.1 Å². The van der Waals surface area contributed by atoms with E-state index in [1.54, 1.807) is 0 Å². The zero-order valence-electron chi connectivity index (χ0n) is 11.1. The van der Waals surface area contributed by atoms with E-state index in [-0.39, 0.29) is 11.8 Å². The summed E-state index contributed by atoms with van der Waals surface area (Å²) in [5, 5.41) is 3.56. The van der Waals surface area contributed by atoms with E-state index < -0.39 is 0 Å². The molecule has 2 rings (SSSR count). The Morgan fingerprint density at radius 1 is 1.44 bits per heavy atom. The number of nitrogens with zero attached hydrogens (tertiary/aromatic N) is 1. The fourth-order valence-corrected chi connectivity index (χ4v) is 2.78. The fourth-order valence-electron chi connectivity index (χ4n) is 2.78. The van der Waals surface area contributed by atoms with Gasteiger partial charge in [0.05, 0.1) is 6.61 Å². The summed E-state index contributed by atoms with van der Waals surface area (Å²) in [5.74, 6) is 0.814. The Morgan fingerprint density at radius 3 is 2.69 bits per heavy atom. The quantitative estimate of drug-likeness (QED) is 0.794. The average molecular weight is 226 g/mol. The fraction of sp³-hybridized carbons (Fsp3) is 1.00. The minimum atomic E-state index is 0.168. The van der Waals surface area contributed by atoms with Crippen molar-refractivity contribution in [1.82, 2.24) is 10.2 Å². The molecule has 2 saturated heterocycles. The third-order valence-corrected chi connectivity index (χ3v) is 3.79. The SMILES string of the molecule is CC(C)N1CCC(CC2NC(C)(C)CO2)C1. The lowest BCUT2D eigenvalue weighted by molar-refractivity contribution is 0.0779. The highest BCUT2D eigenvalue weighted by Crippen LogP contribution is 2.26. The van der Waals surface area contributed by atoms with Gasteiger partial charge >= 0.3 is 0 Å². The normalized spacial score (nSPS) is 35.1. The van der Waals surface area contributed by atoms with Gasteiger partial charge in [0.1, 0.15) is 6.23 Å². The van der Waals surface area contributed by atoms with Crippen LogP contribution in [0.1, 0.15) is 40.5 Å². The third kappa shape index (κ3) is 2.96. The molecule has 3 nitrogen and oxygen atoms in total. The van der Waals surface area contributed by atoms with Crippen LogP contribution in [0.25, 0.3) is 0 Å². The second kappa shape index (κ2) is 4.63. The second-order valence-electron chi connectivity index (χ2n) is 6.31. The Kier molecular flexibility index (Phi) is 3.57. The molecule has 0 spiro atoms. The van der Waals surface area contributed by atoms with Crippen molar-refractivity contribution in [2.45, 2.75) is 58.3 Å². The minimum absolute atomic E-state index is 0.168. The highest BCUT2D eigenvalue weighted by molar-refractivity contribution is 4.87. The van der Waals surface area contributed by atoms with Crippen molar-refractivity contribution >= 4 is 0 Å². The minimum Gasteiger partial charge on any atom is -0.361 e. The Balaban J connectivity index is 1.76. The van der Waals surface area contributed by atoms with Gasteiger partial charge in [-0.2, -0.15) is 0 Å². The van der Waals surface area contributed by atoms with Crippen LogP contribution in [-0.2, 0) is 4.74 Å². The third-order valence-electron chi connectivity index (χ3n) is 3.79. The number of ether oxygens (including phenoxy) is 1. The lowest BCUT2D eigenvalue weighted by Crippen LogP contribution is -2.40. The standard InChI is InChI=1S/C13H26N2O/c1-10(2)15-6-5-11(8-15)7-12-14-13(3,4)9-16-12/h10-12,14H,5-9H2,1-4H3. The summed E-state index contributed by atoms with van der Waals surface area (Å²) in [6.45, 7) is 12.4. The van der Waals surface area contributed by atoms with E-state index in [9.17, 15) is 0 Å². The Hall–Kier alpha value is -0.120. The van der Waals surface area contributed by atoms with E-state index in [0.717, 1.165) is 12.5 Å². The van der Waals surface area contributed by atoms with Gasteiger partial charge in [-0.05, 0) is 53.0 Å². The molecule has 2 aliphatic rings. The molecular formula is C13H26N2O. The van der Waals surface area contributed by atoms with Crippen LogP contribution in [0, 0.1) is 5.92 Å². The zero-order chi connectivity index (χ0) is 11.8. The highest BCUT2D eigenvalue weighted by atomic mass is 16.5. The Bertz CT molecular complexity index is 240. The first-order valence-electron chi connectivity index (χ1n) is 6.59. The van der Waals surface area contributed by atoms with Crippen LogP contribution in [0.5, 0.6) is 0 Å². The van der Waals surface area contributed by atoms with Gasteiger partial charge < -0.3 is 9.64 Å². The van der Waals surface area contributed by atoms with Gasteiger partial charge in [0.25, 0.3) is 0 Å². The van der Waals surface area contributed by atoms with Crippen molar-refractivity contribution in [2.75, 3.05) is 19.7 Å². The second-order valence-corrected chi connectivity index (χ2v) is 6.31. The molecule has 2 fully saturated rings. The lowest BCUT2D eigenvalue weighted by atomic mass is 10.0. The predicted molar refractivity (Wildman–Crippen MR) is 66.4 cm³/mol. The van der Waals surface area contributed by atoms with Crippen LogP contribution in [-0.4, -0.2) is 42.4 Å². The molecule has 0 aromatic rings. The highest BCUT2D eigenvalue weighted by Gasteiger charge is 2.34. The summed E-state index contributed by atoms with van der Waals surface area (Å²) < 4.78 is 5.80. The maximum absolute atomic E-state index is 5.80. The van der Waals surface area contributed by atoms with Crippen molar-refractivity contribution in [3.8, 4) is 0 Å². The van der Waals surface area contributed by atoms with E-state index in [1.807, 2.05) is 0 Å². The molecule has 0 bridgehead atoms. The predicted octanol–water partition coefficient (Wildman–Crippen LogP) is 1.83. The van der Waals surface area contributed by atoms with Crippen molar-refractivity contribution in [1.29, 1.82) is 0 Å². The van der Waals surface area contributed by atoms with Crippen LogP contribution in [0.3, 0.4) is 0 Å². The number of nitrogens with one attached hydrogen (secondary N) is 1.